The number of benzene rings is 8. The zero-order chi connectivity index (χ0) is 46.9. The Labute approximate surface area is 388 Å². The van der Waals surface area contributed by atoms with E-state index >= 15 is 0 Å². The van der Waals surface area contributed by atoms with E-state index in [1.54, 1.807) is 121 Å². The molecule has 4 aliphatic rings. The Bertz CT molecular complexity index is 3110. The summed E-state index contributed by atoms with van der Waals surface area (Å²) in [5.41, 5.74) is 6.75. The van der Waals surface area contributed by atoms with Crippen LogP contribution in [0.3, 0.4) is 0 Å². The molecule has 2 heterocycles. The molecular formula is C56H42O12. The Hall–Kier alpha value is -8.64. The highest BCUT2D eigenvalue weighted by atomic mass is 16.5. The van der Waals surface area contributed by atoms with Crippen molar-refractivity contribution in [2.24, 2.45) is 0 Å². The Kier molecular flexibility index (Phi) is 8.97. The molecule has 0 saturated heterocycles. The van der Waals surface area contributed by atoms with Crippen LogP contribution >= 0.6 is 0 Å². The van der Waals surface area contributed by atoms with Crippen molar-refractivity contribution in [3.8, 4) is 69.0 Å². The van der Waals surface area contributed by atoms with E-state index in [1.165, 1.54) is 24.3 Å². The smallest absolute Gasteiger partial charge is 0.135 e. The highest BCUT2D eigenvalue weighted by molar-refractivity contribution is 5.71. The van der Waals surface area contributed by atoms with Gasteiger partial charge >= 0.3 is 0 Å². The molecule has 0 fully saturated rings. The molecule has 10 N–H and O–H groups in total. The first kappa shape index (κ1) is 40.8. The van der Waals surface area contributed by atoms with Gasteiger partial charge in [0.05, 0.1) is 11.8 Å². The third-order valence-electron chi connectivity index (χ3n) is 14.5. The first-order valence-corrected chi connectivity index (χ1v) is 22.2. The number of phenolic OH excluding ortho intramolecular Hbond substituents is 10. The van der Waals surface area contributed by atoms with Gasteiger partial charge in [-0.2, -0.15) is 0 Å². The van der Waals surface area contributed by atoms with Crippen LogP contribution in [-0.4, -0.2) is 51.1 Å². The zero-order valence-corrected chi connectivity index (χ0v) is 35.8. The Balaban J connectivity index is 1.25. The van der Waals surface area contributed by atoms with Crippen molar-refractivity contribution in [2.75, 3.05) is 0 Å². The topological polar surface area (TPSA) is 221 Å². The van der Waals surface area contributed by atoms with E-state index in [1.807, 2.05) is 0 Å². The minimum atomic E-state index is -0.918. The van der Waals surface area contributed by atoms with Crippen LogP contribution in [0.25, 0.3) is 0 Å². The second-order valence-electron chi connectivity index (χ2n) is 18.2. The molecule has 0 spiro atoms. The van der Waals surface area contributed by atoms with Gasteiger partial charge in [0.1, 0.15) is 81.2 Å². The van der Waals surface area contributed by atoms with E-state index < -0.39 is 47.7 Å². The van der Waals surface area contributed by atoms with Crippen LogP contribution in [0.4, 0.5) is 0 Å². The summed E-state index contributed by atoms with van der Waals surface area (Å²) in [6, 6.07) is 38.4. The van der Waals surface area contributed by atoms with Crippen LogP contribution in [-0.2, 0) is 0 Å². The van der Waals surface area contributed by atoms with E-state index in [0.717, 1.165) is 0 Å². The van der Waals surface area contributed by atoms with Gasteiger partial charge in [0.2, 0.25) is 0 Å². The molecule has 2 aliphatic heterocycles. The molecular weight excluding hydrogens is 865 g/mol. The van der Waals surface area contributed by atoms with E-state index in [9.17, 15) is 51.1 Å². The molecule has 12 heteroatoms. The molecule has 0 radical (unpaired) electrons. The van der Waals surface area contributed by atoms with Crippen LogP contribution < -0.4 is 9.47 Å². The monoisotopic (exact) mass is 906 g/mol. The average molecular weight is 907 g/mol. The third-order valence-corrected chi connectivity index (χ3v) is 14.5. The van der Waals surface area contributed by atoms with Crippen molar-refractivity contribution in [1.29, 1.82) is 0 Å². The predicted octanol–water partition coefficient (Wildman–Crippen LogP) is 10.4. The van der Waals surface area contributed by atoms with Crippen molar-refractivity contribution < 1.29 is 60.5 Å². The molecule has 8 aromatic carbocycles. The highest BCUT2D eigenvalue weighted by Gasteiger charge is 2.55. The van der Waals surface area contributed by atoms with Crippen molar-refractivity contribution in [3.63, 3.8) is 0 Å². The normalized spacial score (nSPS) is 22.6. The van der Waals surface area contributed by atoms with Gasteiger partial charge < -0.3 is 60.5 Å². The number of hydrogen-bond donors (Lipinski definition) is 10. The van der Waals surface area contributed by atoms with Gasteiger partial charge in [0.15, 0.2) is 0 Å². The molecule has 12 rings (SSSR count). The summed E-state index contributed by atoms with van der Waals surface area (Å²) in [5.74, 6) is -5.69. The number of ether oxygens (including phenoxy) is 2. The van der Waals surface area contributed by atoms with Gasteiger partial charge in [-0.1, -0.05) is 48.5 Å². The first-order chi connectivity index (χ1) is 32.8. The number of aromatic hydroxyl groups is 10. The minimum Gasteiger partial charge on any atom is -0.508 e. The highest BCUT2D eigenvalue weighted by Crippen LogP contribution is 2.69. The fraction of sp³-hybridized carbons (Fsp3) is 0.143. The van der Waals surface area contributed by atoms with Crippen LogP contribution in [0.2, 0.25) is 0 Å². The lowest BCUT2D eigenvalue weighted by Gasteiger charge is -2.40. The lowest BCUT2D eigenvalue weighted by Crippen LogP contribution is -2.26. The van der Waals surface area contributed by atoms with Gasteiger partial charge in [0.25, 0.3) is 0 Å². The van der Waals surface area contributed by atoms with Crippen molar-refractivity contribution in [2.45, 2.75) is 47.7 Å². The third kappa shape index (κ3) is 6.20. The number of phenols is 10. The summed E-state index contributed by atoms with van der Waals surface area (Å²) in [5, 5.41) is 114. The van der Waals surface area contributed by atoms with Gasteiger partial charge in [-0.25, -0.2) is 0 Å². The fourth-order valence-corrected chi connectivity index (χ4v) is 12.0. The second-order valence-corrected chi connectivity index (χ2v) is 18.2. The van der Waals surface area contributed by atoms with Gasteiger partial charge in [-0.3, -0.25) is 0 Å². The predicted molar refractivity (Wildman–Crippen MR) is 248 cm³/mol. The second kappa shape index (κ2) is 14.9. The van der Waals surface area contributed by atoms with E-state index in [0.29, 0.717) is 78.3 Å². The molecule has 8 aromatic rings. The van der Waals surface area contributed by atoms with E-state index in [2.05, 4.69) is 0 Å². The molecule has 0 bridgehead atoms. The summed E-state index contributed by atoms with van der Waals surface area (Å²) in [6.45, 7) is 0. The van der Waals surface area contributed by atoms with Gasteiger partial charge in [-0.15, -0.1) is 0 Å². The summed E-state index contributed by atoms with van der Waals surface area (Å²) in [6.07, 6.45) is -1.62. The SMILES string of the molecule is Oc1ccc([C@@H]2c3c(O)cc(O)cc3C3c4c(cc(O)cc4[C@H]2[C@@H]2c4cc(O)cc5c4C(c4cc(O)cc(O)c4[C@H]2c2ccc(O)cc2)[C@H](c2ccc(O)cc2)O5)O[C@H]3c2ccc(O)cc2)cc1. The average Bonchev–Trinajstić information content (AvgIpc) is 3.81. The van der Waals surface area contributed by atoms with Gasteiger partial charge in [-0.05, 0) is 117 Å². The zero-order valence-electron chi connectivity index (χ0n) is 35.8. The van der Waals surface area contributed by atoms with Crippen LogP contribution in [0.5, 0.6) is 69.0 Å². The summed E-state index contributed by atoms with van der Waals surface area (Å²) in [4.78, 5) is 0. The summed E-state index contributed by atoms with van der Waals surface area (Å²) < 4.78 is 13.7. The molecule has 68 heavy (non-hydrogen) atoms. The number of hydrogen-bond acceptors (Lipinski definition) is 12. The molecule has 0 aromatic heterocycles. The van der Waals surface area contributed by atoms with Crippen LogP contribution in [0, 0.1) is 0 Å². The maximum atomic E-state index is 12.5. The standard InChI is InChI=1S/C56H42O12/c57-29-9-1-25(2-10-29)45-47-37(17-33(61)21-41(47)65)53-49-39(19-35(63)23-43(49)67-55(53)27-5-13-31(59)14-6-27)51(45)52-40-20-36(64)24-44-50(40)54(56(68-44)28-7-15-32(60)16-8-28)38-18-34(62)22-42(66)48(38)46(52)26-3-11-30(58)12-4-26/h1-24,45-46,51-66H/t45-,46-,51-,52-,53?,54?,55+,56+/m1/s1. The molecule has 338 valence electrons. The Morgan fingerprint density at radius 1 is 0.265 bits per heavy atom. The molecule has 8 atom stereocenters. The molecule has 12 nitrogen and oxygen atoms in total. The fourth-order valence-electron chi connectivity index (χ4n) is 12.0. The maximum absolute atomic E-state index is 12.5. The van der Waals surface area contributed by atoms with Crippen molar-refractivity contribution in [3.05, 3.63) is 212 Å². The summed E-state index contributed by atoms with van der Waals surface area (Å²) in [7, 11) is 0. The molecule has 0 saturated carbocycles. The van der Waals surface area contributed by atoms with Crippen molar-refractivity contribution >= 4 is 0 Å². The van der Waals surface area contributed by atoms with Crippen LogP contribution in [0.15, 0.2) is 146 Å². The van der Waals surface area contributed by atoms with E-state index in [4.69, 9.17) is 9.47 Å². The number of fused-ring (bicyclic) bond motifs is 4. The lowest BCUT2D eigenvalue weighted by atomic mass is 9.62. The van der Waals surface area contributed by atoms with Gasteiger partial charge in [0, 0.05) is 70.2 Å². The van der Waals surface area contributed by atoms with Crippen LogP contribution in [0.1, 0.15) is 114 Å². The Morgan fingerprint density at radius 2 is 0.559 bits per heavy atom. The quantitative estimate of drug-likeness (QED) is 0.0780. The molecule has 2 aliphatic carbocycles. The first-order valence-electron chi connectivity index (χ1n) is 22.2. The largest absolute Gasteiger partial charge is 0.508 e. The summed E-state index contributed by atoms with van der Waals surface area (Å²) >= 11 is 0. The molecule has 2 unspecified atom stereocenters. The lowest BCUT2D eigenvalue weighted by molar-refractivity contribution is 0.221. The van der Waals surface area contributed by atoms with Crippen molar-refractivity contribution in [1.82, 2.24) is 0 Å². The molecule has 0 amide bonds. The minimum absolute atomic E-state index is 0.0182. The maximum Gasteiger partial charge on any atom is 0.135 e. The number of rotatable bonds is 5. The Morgan fingerprint density at radius 3 is 0.897 bits per heavy atom. The van der Waals surface area contributed by atoms with E-state index in [-0.39, 0.29) is 57.5 Å².